The van der Waals surface area contributed by atoms with Gasteiger partial charge in [-0.05, 0) is 55.4 Å². The lowest BCUT2D eigenvalue weighted by atomic mass is 10.0. The number of carboxylic acids is 1. The van der Waals surface area contributed by atoms with E-state index >= 15 is 0 Å². The van der Waals surface area contributed by atoms with Gasteiger partial charge in [0.05, 0.1) is 6.10 Å². The second-order valence-corrected chi connectivity index (χ2v) is 9.31. The van der Waals surface area contributed by atoms with E-state index in [9.17, 15) is 19.8 Å². The van der Waals surface area contributed by atoms with Gasteiger partial charge in [-0.15, -0.1) is 0 Å². The maximum atomic E-state index is 12.3. The third kappa shape index (κ3) is 9.87. The summed E-state index contributed by atoms with van der Waals surface area (Å²) in [5.41, 5.74) is 2.47. The first-order valence-electron chi connectivity index (χ1n) is 13.0. The van der Waals surface area contributed by atoms with Gasteiger partial charge in [0.1, 0.15) is 36.1 Å². The van der Waals surface area contributed by atoms with Crippen LogP contribution in [0.15, 0.2) is 78.9 Å². The molecule has 6 heteroatoms. The van der Waals surface area contributed by atoms with E-state index in [4.69, 9.17) is 9.47 Å². The van der Waals surface area contributed by atoms with Crippen molar-refractivity contribution in [3.8, 4) is 11.5 Å². The molecule has 0 bridgehead atoms. The van der Waals surface area contributed by atoms with Crippen LogP contribution >= 0.6 is 0 Å². The Morgan fingerprint density at radius 3 is 2.08 bits per heavy atom. The molecule has 0 unspecified atom stereocenters. The molecule has 0 aromatic heterocycles. The molecule has 0 amide bonds. The normalized spacial score (nSPS) is 11.8. The second-order valence-electron chi connectivity index (χ2n) is 9.31. The number of aromatic carboxylic acids is 1. The Balaban J connectivity index is 1.73. The van der Waals surface area contributed by atoms with Crippen LogP contribution in [0, 0.1) is 0 Å². The highest BCUT2D eigenvalue weighted by atomic mass is 16.5. The Bertz CT molecular complexity index is 1190. The van der Waals surface area contributed by atoms with Crippen LogP contribution < -0.4 is 9.47 Å². The Hall–Kier alpha value is -3.90. The summed E-state index contributed by atoms with van der Waals surface area (Å²) in [6.45, 7) is 2.29. The number of Topliss-reactive ketones (excluding diaryl/α,β-unsaturated/α-hetero) is 1. The van der Waals surface area contributed by atoms with E-state index in [1.54, 1.807) is 25.1 Å². The van der Waals surface area contributed by atoms with Gasteiger partial charge >= 0.3 is 5.97 Å². The van der Waals surface area contributed by atoms with Gasteiger partial charge in [0.15, 0.2) is 0 Å². The summed E-state index contributed by atoms with van der Waals surface area (Å²) in [5.74, 6) is -0.163. The van der Waals surface area contributed by atoms with E-state index in [0.29, 0.717) is 56.4 Å². The van der Waals surface area contributed by atoms with Crippen molar-refractivity contribution >= 4 is 17.8 Å². The SMILES string of the molecule is C[C@H](O)CCCC(=O)CCC/C=C/c1cc(OCc2ccccc2)cc(OCc2ccccc2)c1C(=O)O. The highest BCUT2D eigenvalue weighted by Gasteiger charge is 2.18. The number of aliphatic hydroxyl groups excluding tert-OH is 1. The smallest absolute Gasteiger partial charge is 0.340 e. The summed E-state index contributed by atoms with van der Waals surface area (Å²) in [6, 6.07) is 22.6. The fourth-order valence-corrected chi connectivity index (χ4v) is 3.99. The van der Waals surface area contributed by atoms with E-state index in [2.05, 4.69) is 0 Å². The van der Waals surface area contributed by atoms with Crippen LogP contribution in [0.1, 0.15) is 72.5 Å². The number of ether oxygens (including phenoxy) is 2. The van der Waals surface area contributed by atoms with Crippen molar-refractivity contribution in [1.29, 1.82) is 0 Å². The molecule has 0 aliphatic heterocycles. The molecule has 0 heterocycles. The summed E-state index contributed by atoms with van der Waals surface area (Å²) in [7, 11) is 0. The van der Waals surface area contributed by atoms with Gasteiger partial charge < -0.3 is 19.7 Å². The topological polar surface area (TPSA) is 93.1 Å². The Kier molecular flexibility index (Phi) is 11.6. The van der Waals surface area contributed by atoms with E-state index in [0.717, 1.165) is 11.1 Å². The van der Waals surface area contributed by atoms with E-state index in [-0.39, 0.29) is 29.8 Å². The lowest BCUT2D eigenvalue weighted by molar-refractivity contribution is -0.119. The third-order valence-corrected chi connectivity index (χ3v) is 6.01. The number of benzene rings is 3. The number of ketones is 1. The number of aliphatic hydroxyl groups is 1. The summed E-state index contributed by atoms with van der Waals surface area (Å²) in [5, 5.41) is 19.3. The Morgan fingerprint density at radius 1 is 0.868 bits per heavy atom. The number of carboxylic acid groups (broad SMARTS) is 1. The molecule has 0 spiro atoms. The van der Waals surface area contributed by atoms with Crippen molar-refractivity contribution in [2.75, 3.05) is 0 Å². The highest BCUT2D eigenvalue weighted by molar-refractivity contribution is 5.95. The number of unbranched alkanes of at least 4 members (excludes halogenated alkanes) is 1. The standard InChI is InChI=1S/C32H36O6/c1-24(33)12-11-19-28(34)18-10-4-9-17-27-20-29(37-22-25-13-5-2-6-14-25)21-30(31(27)32(35)36)38-23-26-15-7-3-8-16-26/h2-3,5-9,13-17,20-21,24,33H,4,10-12,18-19,22-23H2,1H3,(H,35,36)/b17-9+/t24-/m0/s1. The van der Waals surface area contributed by atoms with Gasteiger partial charge in [-0.25, -0.2) is 4.79 Å². The maximum absolute atomic E-state index is 12.3. The van der Waals surface area contributed by atoms with E-state index in [1.165, 1.54) is 0 Å². The van der Waals surface area contributed by atoms with Crippen molar-refractivity contribution < 1.29 is 29.3 Å². The quantitative estimate of drug-likeness (QED) is 0.202. The molecule has 38 heavy (non-hydrogen) atoms. The Labute approximate surface area is 224 Å². The molecule has 1 atom stereocenters. The molecule has 0 radical (unpaired) electrons. The van der Waals surface area contributed by atoms with Gasteiger partial charge in [-0.2, -0.15) is 0 Å². The average Bonchev–Trinajstić information content (AvgIpc) is 2.91. The molecule has 0 aliphatic carbocycles. The first kappa shape index (κ1) is 28.7. The number of allylic oxidation sites excluding steroid dienone is 1. The first-order chi connectivity index (χ1) is 18.4. The van der Waals surface area contributed by atoms with Gasteiger partial charge in [0.25, 0.3) is 0 Å². The molecule has 0 fully saturated rings. The second kappa shape index (κ2) is 15.4. The average molecular weight is 517 g/mol. The van der Waals surface area contributed by atoms with E-state index in [1.807, 2.05) is 66.7 Å². The number of hydrogen-bond acceptors (Lipinski definition) is 5. The predicted molar refractivity (Wildman–Crippen MR) is 148 cm³/mol. The van der Waals surface area contributed by atoms with Gasteiger partial charge in [0.2, 0.25) is 0 Å². The molecular weight excluding hydrogens is 480 g/mol. The van der Waals surface area contributed by atoms with Crippen LogP contribution in [0.5, 0.6) is 11.5 Å². The minimum absolute atomic E-state index is 0.0680. The number of carbonyl (C=O) groups excluding carboxylic acids is 1. The van der Waals surface area contributed by atoms with Crippen molar-refractivity contribution in [2.45, 2.75) is 64.8 Å². The minimum Gasteiger partial charge on any atom is -0.489 e. The van der Waals surface area contributed by atoms with Gasteiger partial charge in [0, 0.05) is 18.9 Å². The van der Waals surface area contributed by atoms with Crippen LogP contribution in [0.2, 0.25) is 0 Å². The Morgan fingerprint density at radius 2 is 1.47 bits per heavy atom. The predicted octanol–water partition coefficient (Wildman–Crippen LogP) is 6.85. The monoisotopic (exact) mass is 516 g/mol. The minimum atomic E-state index is -1.09. The summed E-state index contributed by atoms with van der Waals surface area (Å²) >= 11 is 0. The lowest BCUT2D eigenvalue weighted by Gasteiger charge is -2.15. The van der Waals surface area contributed by atoms with Crippen LogP contribution in [0.25, 0.3) is 6.08 Å². The summed E-state index contributed by atoms with van der Waals surface area (Å²) in [4.78, 5) is 24.3. The highest BCUT2D eigenvalue weighted by Crippen LogP contribution is 2.31. The molecule has 3 aromatic rings. The van der Waals surface area contributed by atoms with Crippen molar-refractivity contribution in [1.82, 2.24) is 0 Å². The van der Waals surface area contributed by atoms with E-state index < -0.39 is 5.97 Å². The van der Waals surface area contributed by atoms with Gasteiger partial charge in [-0.3, -0.25) is 4.79 Å². The molecule has 0 saturated heterocycles. The zero-order chi connectivity index (χ0) is 27.2. The third-order valence-electron chi connectivity index (χ3n) is 6.01. The number of rotatable bonds is 16. The van der Waals surface area contributed by atoms with Crippen LogP contribution in [0.4, 0.5) is 0 Å². The zero-order valence-corrected chi connectivity index (χ0v) is 21.8. The maximum Gasteiger partial charge on any atom is 0.340 e. The molecule has 0 aliphatic rings. The van der Waals surface area contributed by atoms with Crippen molar-refractivity contribution in [3.63, 3.8) is 0 Å². The fourth-order valence-electron chi connectivity index (χ4n) is 3.99. The molecule has 3 rings (SSSR count). The summed E-state index contributed by atoms with van der Waals surface area (Å²) in [6.07, 6.45) is 6.81. The lowest BCUT2D eigenvalue weighted by Crippen LogP contribution is -2.07. The zero-order valence-electron chi connectivity index (χ0n) is 21.8. The molecule has 6 nitrogen and oxygen atoms in total. The summed E-state index contributed by atoms with van der Waals surface area (Å²) < 4.78 is 12.0. The van der Waals surface area contributed by atoms with Crippen LogP contribution in [-0.2, 0) is 18.0 Å². The molecule has 0 saturated carbocycles. The first-order valence-corrected chi connectivity index (χ1v) is 13.0. The number of carbonyl (C=O) groups is 2. The molecular formula is C32H36O6. The van der Waals surface area contributed by atoms with Crippen molar-refractivity contribution in [2.24, 2.45) is 0 Å². The van der Waals surface area contributed by atoms with Gasteiger partial charge in [-0.1, -0.05) is 72.8 Å². The van der Waals surface area contributed by atoms with Crippen molar-refractivity contribution in [3.05, 3.63) is 101 Å². The molecule has 3 aromatic carbocycles. The molecule has 200 valence electrons. The van der Waals surface area contributed by atoms with Crippen LogP contribution in [-0.4, -0.2) is 28.1 Å². The van der Waals surface area contributed by atoms with Crippen LogP contribution in [0.3, 0.4) is 0 Å². The fraction of sp³-hybridized carbons (Fsp3) is 0.312. The molecule has 2 N–H and O–H groups in total. The number of hydrogen-bond donors (Lipinski definition) is 2. The largest absolute Gasteiger partial charge is 0.489 e.